The van der Waals surface area contributed by atoms with Gasteiger partial charge in [-0.2, -0.15) is 0 Å². The molecular weight excluding hydrogens is 428 g/mol. The van der Waals surface area contributed by atoms with Crippen LogP contribution in [0.3, 0.4) is 0 Å². The summed E-state index contributed by atoms with van der Waals surface area (Å²) in [6.45, 7) is 2.04. The molecule has 3 atom stereocenters. The van der Waals surface area contributed by atoms with Crippen molar-refractivity contribution >= 4 is 22.8 Å². The number of piperidine rings is 1. The van der Waals surface area contributed by atoms with Crippen molar-refractivity contribution in [3.8, 4) is 0 Å². The van der Waals surface area contributed by atoms with Crippen LogP contribution in [-0.2, 0) is 9.53 Å². The zero-order valence-corrected chi connectivity index (χ0v) is 20.4. The van der Waals surface area contributed by atoms with E-state index >= 15 is 0 Å². The quantitative estimate of drug-likeness (QED) is 0.625. The van der Waals surface area contributed by atoms with Crippen LogP contribution in [-0.4, -0.2) is 51.7 Å². The molecule has 0 amide bonds. The first-order valence-electron chi connectivity index (χ1n) is 13.3. The molecule has 0 radical (unpaired) electrons. The lowest BCUT2D eigenvalue weighted by Crippen LogP contribution is -2.50. The summed E-state index contributed by atoms with van der Waals surface area (Å²) in [4.78, 5) is 32.9. The summed E-state index contributed by atoms with van der Waals surface area (Å²) in [5, 5.41) is 2.95. The maximum absolute atomic E-state index is 13.6. The summed E-state index contributed by atoms with van der Waals surface area (Å²) >= 11 is 0. The Morgan fingerprint density at radius 1 is 0.971 bits per heavy atom. The van der Waals surface area contributed by atoms with Gasteiger partial charge in [-0.3, -0.25) is 14.5 Å². The first kappa shape index (κ1) is 23.3. The predicted molar refractivity (Wildman–Crippen MR) is 134 cm³/mol. The van der Waals surface area contributed by atoms with Gasteiger partial charge in [0.25, 0.3) is 5.56 Å². The van der Waals surface area contributed by atoms with E-state index in [-0.39, 0.29) is 29.9 Å². The average molecular weight is 467 g/mol. The number of hydrogen-bond donors (Lipinski definition) is 1. The van der Waals surface area contributed by atoms with E-state index < -0.39 is 0 Å². The highest BCUT2D eigenvalue weighted by molar-refractivity contribution is 5.78. The van der Waals surface area contributed by atoms with E-state index in [1.165, 1.54) is 57.8 Å². The fourth-order valence-electron chi connectivity index (χ4n) is 6.72. The molecule has 2 saturated heterocycles. The molecule has 3 fully saturated rings. The van der Waals surface area contributed by atoms with Crippen LogP contribution in [0.15, 0.2) is 29.1 Å². The predicted octanol–water partition coefficient (Wildman–Crippen LogP) is 4.65. The van der Waals surface area contributed by atoms with Crippen LogP contribution in [0.1, 0.15) is 83.6 Å². The Labute approximate surface area is 201 Å². The summed E-state index contributed by atoms with van der Waals surface area (Å²) in [5.74, 6) is -0.143. The van der Waals surface area contributed by atoms with Crippen molar-refractivity contribution in [1.82, 2.24) is 14.5 Å². The van der Waals surface area contributed by atoms with Crippen molar-refractivity contribution in [2.75, 3.05) is 18.5 Å². The van der Waals surface area contributed by atoms with Gasteiger partial charge in [-0.05, 0) is 57.6 Å². The van der Waals surface area contributed by atoms with E-state index in [2.05, 4.69) is 15.2 Å². The monoisotopic (exact) mass is 466 g/mol. The van der Waals surface area contributed by atoms with Crippen molar-refractivity contribution in [3.05, 3.63) is 34.6 Å². The number of carbonyl (C=O) groups is 1. The molecule has 5 rings (SSSR count). The number of hydrogen-bond acceptors (Lipinski definition) is 6. The summed E-state index contributed by atoms with van der Waals surface area (Å²) in [6, 6.07) is 9.86. The van der Waals surface area contributed by atoms with Gasteiger partial charge in [0.1, 0.15) is 6.54 Å². The molecule has 7 heteroatoms. The van der Waals surface area contributed by atoms with Gasteiger partial charge >= 0.3 is 5.97 Å². The molecule has 3 heterocycles. The maximum Gasteiger partial charge on any atom is 0.325 e. The molecule has 1 aromatic heterocycles. The molecule has 1 unspecified atom stereocenters. The van der Waals surface area contributed by atoms with Gasteiger partial charge in [0.05, 0.1) is 17.6 Å². The number of benzene rings is 1. The van der Waals surface area contributed by atoms with Gasteiger partial charge < -0.3 is 14.6 Å². The van der Waals surface area contributed by atoms with Crippen LogP contribution in [0.25, 0.3) is 11.0 Å². The number of ether oxygens (including phenoxy) is 1. The average Bonchev–Trinajstić information content (AvgIpc) is 3.07. The minimum atomic E-state index is -0.381. The number of aromatic nitrogens is 2. The van der Waals surface area contributed by atoms with E-state index in [1.54, 1.807) is 6.92 Å². The van der Waals surface area contributed by atoms with Gasteiger partial charge in [-0.1, -0.05) is 44.2 Å². The van der Waals surface area contributed by atoms with Gasteiger partial charge in [0.2, 0.25) is 0 Å². The molecule has 1 aromatic carbocycles. The van der Waals surface area contributed by atoms with Crippen LogP contribution in [0.4, 0.5) is 5.82 Å². The Morgan fingerprint density at radius 2 is 1.65 bits per heavy atom. The highest BCUT2D eigenvalue weighted by atomic mass is 16.5. The highest BCUT2D eigenvalue weighted by Gasteiger charge is 2.44. The van der Waals surface area contributed by atoms with Gasteiger partial charge in [-0.25, -0.2) is 4.98 Å². The van der Waals surface area contributed by atoms with Crippen molar-refractivity contribution in [1.29, 1.82) is 0 Å². The second kappa shape index (κ2) is 10.5. The van der Waals surface area contributed by atoms with Gasteiger partial charge in [0, 0.05) is 24.2 Å². The number of nitrogens with one attached hydrogen (secondary N) is 1. The van der Waals surface area contributed by atoms with Gasteiger partial charge in [0.15, 0.2) is 5.82 Å². The first-order valence-corrected chi connectivity index (χ1v) is 13.3. The minimum Gasteiger partial charge on any atom is -0.465 e. The smallest absolute Gasteiger partial charge is 0.325 e. The topological polar surface area (TPSA) is 76.5 Å². The lowest BCUT2D eigenvalue weighted by atomic mass is 9.89. The van der Waals surface area contributed by atoms with Crippen molar-refractivity contribution < 1.29 is 9.53 Å². The zero-order valence-electron chi connectivity index (χ0n) is 20.4. The van der Waals surface area contributed by atoms with Crippen molar-refractivity contribution in [2.45, 2.75) is 102 Å². The molecule has 7 nitrogen and oxygen atoms in total. The molecule has 1 aliphatic carbocycles. The first-order chi connectivity index (χ1) is 16.7. The number of para-hydroxylation sites is 2. The lowest BCUT2D eigenvalue weighted by molar-refractivity contribution is -0.140. The normalized spacial score (nSPS) is 26.2. The van der Waals surface area contributed by atoms with E-state index in [4.69, 9.17) is 4.74 Å². The number of carbonyl (C=O) groups excluding carboxylic acids is 1. The van der Waals surface area contributed by atoms with E-state index in [1.807, 2.05) is 28.8 Å². The minimum absolute atomic E-state index is 0.0558. The Hall–Kier alpha value is -2.41. The number of esters is 1. The number of anilines is 1. The van der Waals surface area contributed by atoms with E-state index in [0.29, 0.717) is 24.7 Å². The molecule has 0 spiro atoms. The van der Waals surface area contributed by atoms with Crippen LogP contribution in [0.5, 0.6) is 0 Å². The summed E-state index contributed by atoms with van der Waals surface area (Å²) in [7, 11) is 0. The van der Waals surface area contributed by atoms with Gasteiger partial charge in [-0.15, -0.1) is 0 Å². The zero-order chi connectivity index (χ0) is 23.5. The molecule has 184 valence electrons. The molecule has 3 aliphatic rings. The Bertz CT molecular complexity index is 1050. The van der Waals surface area contributed by atoms with E-state index in [0.717, 1.165) is 23.9 Å². The molecule has 2 aromatic rings. The summed E-state index contributed by atoms with van der Waals surface area (Å²) in [5.41, 5.74) is 1.54. The second-order valence-electron chi connectivity index (χ2n) is 10.2. The van der Waals surface area contributed by atoms with Crippen molar-refractivity contribution in [3.63, 3.8) is 0 Å². The van der Waals surface area contributed by atoms with E-state index in [9.17, 15) is 9.59 Å². The molecule has 2 bridgehead atoms. The van der Waals surface area contributed by atoms with Crippen molar-refractivity contribution in [2.24, 2.45) is 0 Å². The number of rotatable bonds is 6. The fraction of sp³-hybridized carbons (Fsp3) is 0.667. The Morgan fingerprint density at radius 3 is 2.35 bits per heavy atom. The summed E-state index contributed by atoms with van der Waals surface area (Å²) in [6.07, 6.45) is 14.0. The number of nitrogens with zero attached hydrogens (tertiary/aromatic N) is 3. The molecule has 2 aliphatic heterocycles. The lowest BCUT2D eigenvalue weighted by Gasteiger charge is -2.45. The third kappa shape index (κ3) is 4.72. The fourth-order valence-corrected chi connectivity index (χ4v) is 6.72. The molecule has 34 heavy (non-hydrogen) atoms. The summed E-state index contributed by atoms with van der Waals surface area (Å²) < 4.78 is 6.99. The Balaban J connectivity index is 1.41. The molecule has 1 saturated carbocycles. The number of fused-ring (bicyclic) bond motifs is 3. The third-order valence-corrected chi connectivity index (χ3v) is 8.13. The van der Waals surface area contributed by atoms with Crippen LogP contribution < -0.4 is 10.9 Å². The standard InChI is InChI=1S/C27H38N4O3/c1-2-34-25(32)18-28-26-27(33)31(24-13-9-8-12-23(24)29-26)22-16-20-14-15-21(17-22)30(20)19-10-6-4-3-5-7-11-19/h8-9,12-13,19-22H,2-7,10-11,14-18H2,1H3,(H,28,29)/t20-,21?,22-/m0/s1. The van der Waals surface area contributed by atoms with Crippen LogP contribution in [0.2, 0.25) is 0 Å². The SMILES string of the molecule is CCOC(=O)CNc1nc2ccccc2n([C@@H]2CC3CC[C@@H](C2)N3C2CCCCCCC2)c1=O. The van der Waals surface area contributed by atoms with Crippen LogP contribution >= 0.6 is 0 Å². The third-order valence-electron chi connectivity index (χ3n) is 8.13. The van der Waals surface area contributed by atoms with Crippen LogP contribution in [0, 0.1) is 0 Å². The maximum atomic E-state index is 13.6. The molecule has 1 N–H and O–H groups in total. The largest absolute Gasteiger partial charge is 0.465 e. The highest BCUT2D eigenvalue weighted by Crippen LogP contribution is 2.44. The Kier molecular flexibility index (Phi) is 7.18. The second-order valence-corrected chi connectivity index (χ2v) is 10.2. The molecular formula is C27H38N4O3.